The summed E-state index contributed by atoms with van der Waals surface area (Å²) in [6.45, 7) is 0.331. The van der Waals surface area contributed by atoms with E-state index in [-0.39, 0.29) is 24.7 Å². The molecular formula is C12H16FNO3. The fourth-order valence-electron chi connectivity index (χ4n) is 1.63. The standard InChI is InChI=1S/C12H16FNO3/c1-14-6-10(15)12-8(7-16-2)4-9(13)5-11(12)17-3/h4-5,14H,6-7H2,1-3H3. The molecule has 1 rings (SSSR count). The van der Waals surface area contributed by atoms with Crippen LogP contribution in [0.3, 0.4) is 0 Å². The molecule has 0 aliphatic carbocycles. The van der Waals surface area contributed by atoms with Crippen LogP contribution in [-0.4, -0.2) is 33.6 Å². The van der Waals surface area contributed by atoms with Gasteiger partial charge in [-0.3, -0.25) is 4.79 Å². The van der Waals surface area contributed by atoms with Crippen molar-refractivity contribution >= 4 is 5.78 Å². The molecule has 0 amide bonds. The van der Waals surface area contributed by atoms with Crippen molar-refractivity contribution in [2.45, 2.75) is 6.61 Å². The second-order valence-corrected chi connectivity index (χ2v) is 3.53. The van der Waals surface area contributed by atoms with E-state index in [1.54, 1.807) is 7.05 Å². The number of benzene rings is 1. The Bertz CT molecular complexity index is 407. The van der Waals surface area contributed by atoms with Crippen LogP contribution in [0.1, 0.15) is 15.9 Å². The van der Waals surface area contributed by atoms with E-state index in [9.17, 15) is 9.18 Å². The lowest BCUT2D eigenvalue weighted by Gasteiger charge is -2.13. The van der Waals surface area contributed by atoms with Crippen molar-refractivity contribution in [2.24, 2.45) is 0 Å². The number of likely N-dealkylation sites (N-methyl/N-ethyl adjacent to an activating group) is 1. The third kappa shape index (κ3) is 3.25. The number of carbonyl (C=O) groups is 1. The van der Waals surface area contributed by atoms with Gasteiger partial charge in [-0.2, -0.15) is 0 Å². The average molecular weight is 241 g/mol. The Morgan fingerprint density at radius 3 is 2.65 bits per heavy atom. The number of hydrogen-bond donors (Lipinski definition) is 1. The fourth-order valence-corrected chi connectivity index (χ4v) is 1.63. The van der Waals surface area contributed by atoms with Gasteiger partial charge in [0.2, 0.25) is 0 Å². The Kier molecular flexibility index (Phi) is 5.06. The predicted molar refractivity (Wildman–Crippen MR) is 61.9 cm³/mol. The number of methoxy groups -OCH3 is 2. The molecule has 1 aromatic rings. The van der Waals surface area contributed by atoms with Gasteiger partial charge in [-0.15, -0.1) is 0 Å². The fraction of sp³-hybridized carbons (Fsp3) is 0.417. The van der Waals surface area contributed by atoms with Crippen LogP contribution >= 0.6 is 0 Å². The van der Waals surface area contributed by atoms with E-state index in [0.29, 0.717) is 11.1 Å². The van der Waals surface area contributed by atoms with Crippen molar-refractivity contribution < 1.29 is 18.7 Å². The van der Waals surface area contributed by atoms with Crippen molar-refractivity contribution in [3.63, 3.8) is 0 Å². The lowest BCUT2D eigenvalue weighted by Crippen LogP contribution is -2.21. The van der Waals surface area contributed by atoms with Crippen molar-refractivity contribution in [1.82, 2.24) is 5.32 Å². The maximum absolute atomic E-state index is 13.3. The van der Waals surface area contributed by atoms with Gasteiger partial charge in [-0.25, -0.2) is 4.39 Å². The van der Waals surface area contributed by atoms with Gasteiger partial charge in [0.15, 0.2) is 5.78 Å². The van der Waals surface area contributed by atoms with E-state index in [2.05, 4.69) is 5.32 Å². The van der Waals surface area contributed by atoms with Crippen LogP contribution in [0.2, 0.25) is 0 Å². The van der Waals surface area contributed by atoms with Gasteiger partial charge >= 0.3 is 0 Å². The molecule has 0 aliphatic heterocycles. The van der Waals surface area contributed by atoms with Crippen molar-refractivity contribution in [3.8, 4) is 5.75 Å². The van der Waals surface area contributed by atoms with E-state index in [1.807, 2.05) is 0 Å². The van der Waals surface area contributed by atoms with E-state index in [0.717, 1.165) is 0 Å². The molecule has 1 N–H and O–H groups in total. The average Bonchev–Trinajstić information content (AvgIpc) is 2.28. The Balaban J connectivity index is 3.25. The minimum atomic E-state index is -0.449. The van der Waals surface area contributed by atoms with Crippen LogP contribution in [0.25, 0.3) is 0 Å². The summed E-state index contributed by atoms with van der Waals surface area (Å²) in [5.74, 6) is -0.372. The van der Waals surface area contributed by atoms with Gasteiger partial charge in [0, 0.05) is 13.2 Å². The maximum Gasteiger partial charge on any atom is 0.180 e. The van der Waals surface area contributed by atoms with Gasteiger partial charge in [-0.1, -0.05) is 0 Å². The summed E-state index contributed by atoms with van der Waals surface area (Å²) >= 11 is 0. The number of hydrogen-bond acceptors (Lipinski definition) is 4. The molecule has 0 saturated heterocycles. The van der Waals surface area contributed by atoms with Crippen LogP contribution in [0.4, 0.5) is 4.39 Å². The van der Waals surface area contributed by atoms with Crippen LogP contribution in [0, 0.1) is 5.82 Å². The summed E-state index contributed by atoms with van der Waals surface area (Å²) in [6.07, 6.45) is 0. The van der Waals surface area contributed by atoms with E-state index >= 15 is 0 Å². The summed E-state index contributed by atoms with van der Waals surface area (Å²) < 4.78 is 23.3. The number of ether oxygens (including phenoxy) is 2. The number of halogens is 1. The topological polar surface area (TPSA) is 47.6 Å². The molecule has 5 heteroatoms. The molecule has 17 heavy (non-hydrogen) atoms. The third-order valence-electron chi connectivity index (χ3n) is 2.28. The minimum absolute atomic E-state index is 0.156. The highest BCUT2D eigenvalue weighted by molar-refractivity contribution is 6.01. The summed E-state index contributed by atoms with van der Waals surface area (Å²) in [6, 6.07) is 2.48. The Labute approximate surface area is 99.7 Å². The summed E-state index contributed by atoms with van der Waals surface area (Å²) in [5, 5.41) is 2.76. The SMILES string of the molecule is CNCC(=O)c1c(COC)cc(F)cc1OC. The first-order chi connectivity index (χ1) is 8.13. The number of Topliss-reactive ketones (excluding diaryl/α,β-unsaturated/α-hetero) is 1. The van der Waals surface area contributed by atoms with Crippen LogP contribution in [-0.2, 0) is 11.3 Å². The first kappa shape index (κ1) is 13.6. The zero-order valence-electron chi connectivity index (χ0n) is 10.2. The van der Waals surface area contributed by atoms with Crippen LogP contribution in [0.15, 0.2) is 12.1 Å². The van der Waals surface area contributed by atoms with Crippen molar-refractivity contribution in [1.29, 1.82) is 0 Å². The van der Waals surface area contributed by atoms with E-state index < -0.39 is 5.82 Å². The van der Waals surface area contributed by atoms with Gasteiger partial charge in [-0.05, 0) is 18.7 Å². The Hall–Kier alpha value is -1.46. The molecule has 0 saturated carbocycles. The highest BCUT2D eigenvalue weighted by Crippen LogP contribution is 2.25. The molecule has 0 radical (unpaired) electrons. The minimum Gasteiger partial charge on any atom is -0.496 e. The Morgan fingerprint density at radius 1 is 1.41 bits per heavy atom. The molecule has 4 nitrogen and oxygen atoms in total. The summed E-state index contributed by atoms with van der Waals surface area (Å²) in [7, 11) is 4.56. The second-order valence-electron chi connectivity index (χ2n) is 3.53. The molecule has 0 heterocycles. The maximum atomic E-state index is 13.3. The highest BCUT2D eigenvalue weighted by atomic mass is 19.1. The van der Waals surface area contributed by atoms with Gasteiger partial charge < -0.3 is 14.8 Å². The zero-order valence-corrected chi connectivity index (χ0v) is 10.2. The highest BCUT2D eigenvalue weighted by Gasteiger charge is 2.18. The van der Waals surface area contributed by atoms with Crippen molar-refractivity contribution in [3.05, 3.63) is 29.1 Å². The number of rotatable bonds is 6. The predicted octanol–water partition coefficient (Wildman–Crippen LogP) is 1.38. The Morgan fingerprint density at radius 2 is 2.12 bits per heavy atom. The smallest absolute Gasteiger partial charge is 0.180 e. The number of ketones is 1. The monoisotopic (exact) mass is 241 g/mol. The lowest BCUT2D eigenvalue weighted by molar-refractivity contribution is 0.0985. The summed E-state index contributed by atoms with van der Waals surface area (Å²) in [5.41, 5.74) is 0.856. The molecular weight excluding hydrogens is 225 g/mol. The van der Waals surface area contributed by atoms with Crippen LogP contribution < -0.4 is 10.1 Å². The largest absolute Gasteiger partial charge is 0.496 e. The van der Waals surface area contributed by atoms with Crippen molar-refractivity contribution in [2.75, 3.05) is 27.8 Å². The molecule has 0 aromatic heterocycles. The van der Waals surface area contributed by atoms with Gasteiger partial charge in [0.05, 0.1) is 25.8 Å². The van der Waals surface area contributed by atoms with E-state index in [4.69, 9.17) is 9.47 Å². The first-order valence-corrected chi connectivity index (χ1v) is 5.17. The van der Waals surface area contributed by atoms with E-state index in [1.165, 1.54) is 26.4 Å². The summed E-state index contributed by atoms with van der Waals surface area (Å²) in [4.78, 5) is 11.9. The molecule has 0 aliphatic rings. The number of carbonyl (C=O) groups excluding carboxylic acids is 1. The molecule has 0 atom stereocenters. The molecule has 0 fully saturated rings. The first-order valence-electron chi connectivity index (χ1n) is 5.17. The third-order valence-corrected chi connectivity index (χ3v) is 2.28. The number of nitrogens with one attached hydrogen (secondary N) is 1. The lowest BCUT2D eigenvalue weighted by atomic mass is 10.0. The van der Waals surface area contributed by atoms with Gasteiger partial charge in [0.25, 0.3) is 0 Å². The molecule has 0 unspecified atom stereocenters. The normalized spacial score (nSPS) is 10.4. The second kappa shape index (κ2) is 6.32. The molecule has 1 aromatic carbocycles. The molecule has 0 bridgehead atoms. The quantitative estimate of drug-likeness (QED) is 0.764. The van der Waals surface area contributed by atoms with Crippen LogP contribution in [0.5, 0.6) is 5.75 Å². The zero-order chi connectivity index (χ0) is 12.8. The molecule has 94 valence electrons. The van der Waals surface area contributed by atoms with Gasteiger partial charge in [0.1, 0.15) is 11.6 Å². The molecule has 0 spiro atoms.